The predicted molar refractivity (Wildman–Crippen MR) is 122 cm³/mol. The monoisotopic (exact) mass is 486 g/mol. The minimum Gasteiger partial charge on any atom is -0.370 e. The molecule has 1 saturated heterocycles. The molecule has 1 atom stereocenters. The van der Waals surface area contributed by atoms with Gasteiger partial charge in [-0.05, 0) is 36.8 Å². The average molecular weight is 487 g/mol. The number of hydrogen-bond donors (Lipinski definition) is 0. The van der Waals surface area contributed by atoms with Gasteiger partial charge in [-0.1, -0.05) is 6.07 Å². The zero-order valence-electron chi connectivity index (χ0n) is 18.6. The molecule has 0 radical (unpaired) electrons. The van der Waals surface area contributed by atoms with Crippen LogP contribution < -0.4 is 0 Å². The molecule has 34 heavy (non-hydrogen) atoms. The molecular weight excluding hydrogens is 462 g/mol. The third-order valence-electron chi connectivity index (χ3n) is 5.52. The minimum atomic E-state index is -0.791. The lowest BCUT2D eigenvalue weighted by Crippen LogP contribution is -2.40. The van der Waals surface area contributed by atoms with Crippen LogP contribution in [0.2, 0.25) is 0 Å². The second kappa shape index (κ2) is 10.8. The molecule has 2 amide bonds. The van der Waals surface area contributed by atoms with Crippen LogP contribution in [-0.2, 0) is 33.9 Å². The third-order valence-corrected chi connectivity index (χ3v) is 6.35. The first kappa shape index (κ1) is 23.9. The maximum absolute atomic E-state index is 14.1. The molecule has 3 heterocycles. The van der Waals surface area contributed by atoms with Crippen molar-refractivity contribution in [2.45, 2.75) is 32.6 Å². The molecule has 0 unspecified atom stereocenters. The molecule has 1 aliphatic rings. The molecule has 4 rings (SSSR count). The van der Waals surface area contributed by atoms with Crippen molar-refractivity contribution in [3.63, 3.8) is 0 Å². The topological polar surface area (TPSA) is 75.6 Å². The number of hydrogen-bond acceptors (Lipinski definition) is 6. The Morgan fingerprint density at radius 2 is 1.91 bits per heavy atom. The molecule has 1 aliphatic heterocycles. The molecule has 1 fully saturated rings. The summed E-state index contributed by atoms with van der Waals surface area (Å²) in [7, 11) is 0. The van der Waals surface area contributed by atoms with E-state index in [0.29, 0.717) is 6.54 Å². The summed E-state index contributed by atoms with van der Waals surface area (Å²) in [6, 6.07) is 7.10. The molecule has 178 valence electrons. The molecule has 0 bridgehead atoms. The molecule has 7 nitrogen and oxygen atoms in total. The molecule has 0 N–H and O–H groups in total. The summed E-state index contributed by atoms with van der Waals surface area (Å²) in [6.07, 6.45) is 2.35. The van der Waals surface area contributed by atoms with E-state index in [1.165, 1.54) is 22.3 Å². The van der Waals surface area contributed by atoms with Crippen molar-refractivity contribution in [2.24, 2.45) is 0 Å². The first-order chi connectivity index (χ1) is 16.4. The smallest absolute Gasteiger partial charge is 0.242 e. The van der Waals surface area contributed by atoms with Crippen molar-refractivity contribution in [1.29, 1.82) is 0 Å². The Morgan fingerprint density at radius 3 is 2.59 bits per heavy atom. The normalized spacial score (nSPS) is 16.6. The average Bonchev–Trinajstić information content (AvgIpc) is 3.16. The highest BCUT2D eigenvalue weighted by Gasteiger charge is 2.32. The Labute approximate surface area is 200 Å². The van der Waals surface area contributed by atoms with Gasteiger partial charge in [0.2, 0.25) is 11.8 Å². The number of carbonyl (C=O) groups excluding carboxylic acids is 2. The van der Waals surface area contributed by atoms with Gasteiger partial charge in [-0.15, -0.1) is 11.3 Å². The number of amides is 2. The van der Waals surface area contributed by atoms with E-state index in [0.717, 1.165) is 28.4 Å². The zero-order chi connectivity index (χ0) is 24.1. The van der Waals surface area contributed by atoms with Gasteiger partial charge in [-0.3, -0.25) is 14.6 Å². The van der Waals surface area contributed by atoms with Crippen molar-refractivity contribution in [3.8, 4) is 0 Å². The standard InChI is InChI=1S/C24H24F2N4O3S/c1-16-28-18(15-34-16)10-29-11-19(33-14-17-5-7-27-8-6-17)12-30(13-24(29)32)23(31)9-20-21(25)3-2-4-22(20)26/h2-8,15,19H,9-14H2,1H3/t19-/m0/s1. The van der Waals surface area contributed by atoms with Crippen LogP contribution in [0.3, 0.4) is 0 Å². The highest BCUT2D eigenvalue weighted by Crippen LogP contribution is 2.18. The van der Waals surface area contributed by atoms with E-state index in [9.17, 15) is 18.4 Å². The second-order valence-electron chi connectivity index (χ2n) is 8.07. The fourth-order valence-electron chi connectivity index (χ4n) is 3.76. The lowest BCUT2D eigenvalue weighted by atomic mass is 10.1. The SMILES string of the molecule is Cc1nc(CN2C[C@H](OCc3ccncc3)CN(C(=O)Cc3c(F)cccc3F)CC2=O)cs1. The van der Waals surface area contributed by atoms with Gasteiger partial charge in [0.05, 0.1) is 42.9 Å². The highest BCUT2D eigenvalue weighted by molar-refractivity contribution is 7.09. The molecular formula is C24H24F2N4O3S. The summed E-state index contributed by atoms with van der Waals surface area (Å²) >= 11 is 1.50. The van der Waals surface area contributed by atoms with Gasteiger partial charge in [-0.25, -0.2) is 13.8 Å². The van der Waals surface area contributed by atoms with Crippen LogP contribution in [0.1, 0.15) is 21.8 Å². The molecule has 2 aromatic heterocycles. The van der Waals surface area contributed by atoms with Crippen molar-refractivity contribution in [2.75, 3.05) is 19.6 Å². The molecule has 3 aromatic rings. The van der Waals surface area contributed by atoms with Gasteiger partial charge >= 0.3 is 0 Å². The molecule has 0 spiro atoms. The number of aromatic nitrogens is 2. The maximum atomic E-state index is 14.1. The number of aryl methyl sites for hydroxylation is 1. The Kier molecular flexibility index (Phi) is 7.59. The number of halogens is 2. The first-order valence-corrected chi connectivity index (χ1v) is 11.7. The lowest BCUT2D eigenvalue weighted by Gasteiger charge is -2.24. The summed E-state index contributed by atoms with van der Waals surface area (Å²) in [6.45, 7) is 2.64. The molecule has 0 aliphatic carbocycles. The van der Waals surface area contributed by atoms with E-state index < -0.39 is 30.1 Å². The number of pyridine rings is 1. The summed E-state index contributed by atoms with van der Waals surface area (Å²) in [4.78, 5) is 37.4. The third kappa shape index (κ3) is 6.00. The molecule has 0 saturated carbocycles. The van der Waals surface area contributed by atoms with Crippen molar-refractivity contribution in [3.05, 3.63) is 81.6 Å². The molecule has 1 aromatic carbocycles. The van der Waals surface area contributed by atoms with Crippen molar-refractivity contribution in [1.82, 2.24) is 19.8 Å². The lowest BCUT2D eigenvalue weighted by molar-refractivity contribution is -0.138. The highest BCUT2D eigenvalue weighted by atomic mass is 32.1. The minimum absolute atomic E-state index is 0.123. The van der Waals surface area contributed by atoms with Crippen LogP contribution in [0.25, 0.3) is 0 Å². The van der Waals surface area contributed by atoms with Crippen LogP contribution in [0, 0.1) is 18.6 Å². The number of nitrogens with zero attached hydrogens (tertiary/aromatic N) is 4. The van der Waals surface area contributed by atoms with Gasteiger partial charge in [-0.2, -0.15) is 0 Å². The number of rotatable bonds is 7. The first-order valence-electron chi connectivity index (χ1n) is 10.8. The Morgan fingerprint density at radius 1 is 1.18 bits per heavy atom. The van der Waals surface area contributed by atoms with Gasteiger partial charge in [0, 0.05) is 36.4 Å². The van der Waals surface area contributed by atoms with E-state index in [1.807, 2.05) is 24.4 Å². The fourth-order valence-corrected chi connectivity index (χ4v) is 4.36. The fraction of sp³-hybridized carbons (Fsp3) is 0.333. The van der Waals surface area contributed by atoms with Gasteiger partial charge in [0.1, 0.15) is 11.6 Å². The van der Waals surface area contributed by atoms with E-state index in [-0.39, 0.29) is 37.7 Å². The van der Waals surface area contributed by atoms with Crippen LogP contribution in [-0.4, -0.2) is 57.3 Å². The number of thiazole rings is 1. The zero-order valence-corrected chi connectivity index (χ0v) is 19.4. The Hall–Kier alpha value is -3.24. The largest absolute Gasteiger partial charge is 0.370 e. The Balaban J connectivity index is 1.52. The second-order valence-corrected chi connectivity index (χ2v) is 9.13. The summed E-state index contributed by atoms with van der Waals surface area (Å²) in [5, 5.41) is 2.79. The number of carbonyl (C=O) groups is 2. The van der Waals surface area contributed by atoms with E-state index >= 15 is 0 Å². The van der Waals surface area contributed by atoms with Gasteiger partial charge < -0.3 is 14.5 Å². The van der Waals surface area contributed by atoms with Crippen LogP contribution in [0.5, 0.6) is 0 Å². The van der Waals surface area contributed by atoms with E-state index in [2.05, 4.69) is 9.97 Å². The quantitative estimate of drug-likeness (QED) is 0.513. The summed E-state index contributed by atoms with van der Waals surface area (Å²) < 4.78 is 34.3. The van der Waals surface area contributed by atoms with Gasteiger partial charge in [0.15, 0.2) is 0 Å². The molecule has 10 heteroatoms. The van der Waals surface area contributed by atoms with E-state index in [1.54, 1.807) is 17.3 Å². The van der Waals surface area contributed by atoms with Crippen molar-refractivity contribution >= 4 is 23.2 Å². The van der Waals surface area contributed by atoms with Crippen LogP contribution in [0.15, 0.2) is 48.1 Å². The van der Waals surface area contributed by atoms with E-state index in [4.69, 9.17) is 4.74 Å². The summed E-state index contributed by atoms with van der Waals surface area (Å²) in [5.74, 6) is -2.40. The maximum Gasteiger partial charge on any atom is 0.242 e. The predicted octanol–water partition coefficient (Wildman–Crippen LogP) is 3.12. The Bertz CT molecular complexity index is 1140. The van der Waals surface area contributed by atoms with Gasteiger partial charge in [0.25, 0.3) is 0 Å². The number of benzene rings is 1. The van der Waals surface area contributed by atoms with Crippen LogP contribution in [0.4, 0.5) is 8.78 Å². The van der Waals surface area contributed by atoms with Crippen LogP contribution >= 0.6 is 11.3 Å². The van der Waals surface area contributed by atoms with Crippen molar-refractivity contribution < 1.29 is 23.1 Å². The number of ether oxygens (including phenoxy) is 1. The summed E-state index contributed by atoms with van der Waals surface area (Å²) in [5.41, 5.74) is 1.35.